The van der Waals surface area contributed by atoms with Crippen molar-refractivity contribution in [2.45, 2.75) is 45.2 Å². The van der Waals surface area contributed by atoms with Gasteiger partial charge >= 0.3 is 12.2 Å². The highest BCUT2D eigenvalue weighted by Crippen LogP contribution is 2.35. The second-order valence-corrected chi connectivity index (χ2v) is 9.45. The van der Waals surface area contributed by atoms with E-state index in [-0.39, 0.29) is 22.8 Å². The molecule has 1 fully saturated rings. The number of aryl methyl sites for hydroxylation is 1. The molecule has 1 saturated carbocycles. The van der Waals surface area contributed by atoms with Gasteiger partial charge in [0.15, 0.2) is 11.5 Å². The molecule has 0 radical (unpaired) electrons. The third-order valence-corrected chi connectivity index (χ3v) is 6.49. The number of aliphatic hydroxyl groups excluding tert-OH is 1. The summed E-state index contributed by atoms with van der Waals surface area (Å²) >= 11 is 0. The Morgan fingerprint density at radius 1 is 1.12 bits per heavy atom. The summed E-state index contributed by atoms with van der Waals surface area (Å²) in [5, 5.41) is 13.0. The van der Waals surface area contributed by atoms with E-state index in [9.17, 15) is 22.8 Å². The maximum absolute atomic E-state index is 12.5. The monoisotopic (exact) mass is 600 g/mol. The summed E-state index contributed by atoms with van der Waals surface area (Å²) < 4.78 is 44.1. The average Bonchev–Trinajstić information content (AvgIpc) is 3.43. The molecule has 0 bridgehead atoms. The third-order valence-electron chi connectivity index (χ3n) is 6.49. The van der Waals surface area contributed by atoms with E-state index in [2.05, 4.69) is 38.7 Å². The number of hydrogen-bond acceptors (Lipinski definition) is 8. The predicted octanol–water partition coefficient (Wildman–Crippen LogP) is 5.74. The molecule has 230 valence electrons. The molecule has 3 aromatic rings. The lowest BCUT2D eigenvalue weighted by Gasteiger charge is -2.31. The molecule has 1 aliphatic rings. The molecular formula is C30H35F3N6O4. The van der Waals surface area contributed by atoms with E-state index in [0.29, 0.717) is 13.0 Å². The van der Waals surface area contributed by atoms with E-state index in [1.54, 1.807) is 12.4 Å². The molecule has 2 heterocycles. The number of halogens is 3. The van der Waals surface area contributed by atoms with Crippen molar-refractivity contribution in [2.24, 2.45) is 10.4 Å². The molecule has 43 heavy (non-hydrogen) atoms. The molecule has 2 N–H and O–H groups in total. The summed E-state index contributed by atoms with van der Waals surface area (Å²) in [6.45, 7) is 8.34. The average molecular weight is 601 g/mol. The van der Waals surface area contributed by atoms with Crippen LogP contribution >= 0.6 is 0 Å². The Balaban J connectivity index is 0.000000310. The minimum Gasteiger partial charge on any atom is -0.462 e. The van der Waals surface area contributed by atoms with Crippen molar-refractivity contribution < 1.29 is 32.6 Å². The van der Waals surface area contributed by atoms with Gasteiger partial charge in [0, 0.05) is 42.5 Å². The fourth-order valence-electron chi connectivity index (χ4n) is 4.29. The number of allylic oxidation sites excluding steroid dienone is 2. The summed E-state index contributed by atoms with van der Waals surface area (Å²) in [5.74, 6) is 0.189. The molecule has 13 heteroatoms. The number of ether oxygens (including phenoxy) is 1. The first-order valence-electron chi connectivity index (χ1n) is 13.2. The van der Waals surface area contributed by atoms with E-state index >= 15 is 0 Å². The SMILES string of the molecule is C=C/C=C(\N=C)n1cc(C)c(C(F)(F)F)n1.CO.O=CNc1ccc(-c2cnc(OCC3(C=O)CCCCC3)nc2)cc1. The summed E-state index contributed by atoms with van der Waals surface area (Å²) in [6.07, 6.45) is 9.72. The first-order chi connectivity index (χ1) is 20.6. The van der Waals surface area contributed by atoms with Crippen LogP contribution in [0.2, 0.25) is 0 Å². The highest BCUT2D eigenvalue weighted by atomic mass is 19.4. The van der Waals surface area contributed by atoms with E-state index in [1.807, 2.05) is 24.3 Å². The number of amides is 1. The van der Waals surface area contributed by atoms with Crippen molar-refractivity contribution in [1.82, 2.24) is 19.7 Å². The molecule has 1 aromatic carbocycles. The van der Waals surface area contributed by atoms with Gasteiger partial charge in [-0.1, -0.05) is 44.1 Å². The normalized spacial score (nSPS) is 14.1. The Morgan fingerprint density at radius 2 is 1.74 bits per heavy atom. The van der Waals surface area contributed by atoms with Gasteiger partial charge < -0.3 is 20.0 Å². The summed E-state index contributed by atoms with van der Waals surface area (Å²) in [5.41, 5.74) is 1.25. The fourth-order valence-corrected chi connectivity index (χ4v) is 4.29. The minimum absolute atomic E-state index is 0.0334. The van der Waals surface area contributed by atoms with Gasteiger partial charge in [0.1, 0.15) is 12.9 Å². The molecule has 0 spiro atoms. The lowest BCUT2D eigenvalue weighted by atomic mass is 9.76. The van der Waals surface area contributed by atoms with Crippen LogP contribution in [-0.4, -0.2) is 58.0 Å². The topological polar surface area (TPSA) is 132 Å². The molecule has 1 amide bonds. The quantitative estimate of drug-likeness (QED) is 0.172. The Bertz CT molecular complexity index is 1360. The second kappa shape index (κ2) is 16.7. The van der Waals surface area contributed by atoms with Crippen LogP contribution in [0.25, 0.3) is 16.9 Å². The number of aldehydes is 1. The number of rotatable bonds is 10. The van der Waals surface area contributed by atoms with Crippen molar-refractivity contribution in [2.75, 3.05) is 19.0 Å². The Labute approximate surface area is 248 Å². The van der Waals surface area contributed by atoms with E-state index in [0.717, 1.165) is 60.6 Å². The first kappa shape index (κ1) is 34.6. The zero-order chi connectivity index (χ0) is 31.9. The molecule has 0 atom stereocenters. The number of nitrogens with one attached hydrogen (secondary N) is 1. The van der Waals surface area contributed by atoms with Crippen LogP contribution in [0.15, 0.2) is 66.6 Å². The van der Waals surface area contributed by atoms with Crippen molar-refractivity contribution in [1.29, 1.82) is 0 Å². The van der Waals surface area contributed by atoms with Gasteiger partial charge in [-0.05, 0) is 50.3 Å². The highest BCUT2D eigenvalue weighted by Gasteiger charge is 2.36. The Hall–Kier alpha value is -4.65. The second-order valence-electron chi connectivity index (χ2n) is 9.45. The largest absolute Gasteiger partial charge is 0.462 e. The number of benzene rings is 1. The molecule has 1 aliphatic carbocycles. The predicted molar refractivity (Wildman–Crippen MR) is 158 cm³/mol. The van der Waals surface area contributed by atoms with Crippen LogP contribution in [0.3, 0.4) is 0 Å². The maximum atomic E-state index is 12.5. The van der Waals surface area contributed by atoms with Gasteiger partial charge in [0.05, 0.1) is 5.41 Å². The number of nitrogens with zero attached hydrogens (tertiary/aromatic N) is 5. The van der Waals surface area contributed by atoms with E-state index in [4.69, 9.17) is 9.84 Å². The van der Waals surface area contributed by atoms with E-state index < -0.39 is 11.9 Å². The van der Waals surface area contributed by atoms with Gasteiger partial charge in [-0.2, -0.15) is 18.3 Å². The van der Waals surface area contributed by atoms with Gasteiger partial charge in [0.25, 0.3) is 0 Å². The summed E-state index contributed by atoms with van der Waals surface area (Å²) in [6, 6.07) is 7.67. The van der Waals surface area contributed by atoms with Gasteiger partial charge in [0.2, 0.25) is 6.41 Å². The van der Waals surface area contributed by atoms with Crippen molar-refractivity contribution in [3.05, 3.63) is 72.8 Å². The number of carbonyl (C=O) groups excluding carboxylic acids is 2. The van der Waals surface area contributed by atoms with Crippen LogP contribution in [0, 0.1) is 12.3 Å². The van der Waals surface area contributed by atoms with Gasteiger partial charge in [-0.15, -0.1) is 0 Å². The molecule has 4 rings (SSSR count). The van der Waals surface area contributed by atoms with Crippen LogP contribution in [0.1, 0.15) is 43.4 Å². The molecule has 10 nitrogen and oxygen atoms in total. The molecular weight excluding hydrogens is 565 g/mol. The van der Waals surface area contributed by atoms with E-state index in [1.165, 1.54) is 31.7 Å². The fraction of sp³-hybridized carbons (Fsp3) is 0.333. The van der Waals surface area contributed by atoms with Crippen LogP contribution < -0.4 is 10.1 Å². The van der Waals surface area contributed by atoms with Crippen molar-refractivity contribution >= 4 is 30.9 Å². The highest BCUT2D eigenvalue weighted by molar-refractivity contribution is 5.73. The number of aliphatic imine (C=N–C) groups is 1. The van der Waals surface area contributed by atoms with Crippen LogP contribution in [0.4, 0.5) is 18.9 Å². The van der Waals surface area contributed by atoms with Crippen molar-refractivity contribution in [3.8, 4) is 17.1 Å². The lowest BCUT2D eigenvalue weighted by molar-refractivity contribution is -0.141. The maximum Gasteiger partial charge on any atom is 0.435 e. The van der Waals surface area contributed by atoms with Crippen LogP contribution in [0.5, 0.6) is 6.01 Å². The molecule has 0 aliphatic heterocycles. The molecule has 2 aromatic heterocycles. The Morgan fingerprint density at radius 3 is 2.23 bits per heavy atom. The number of anilines is 1. The first-order valence-corrected chi connectivity index (χ1v) is 13.2. The summed E-state index contributed by atoms with van der Waals surface area (Å²) in [7, 11) is 1.00. The standard InChI is InChI=1S/C19H21N3O3.C10H10F3N3.CH4O/c23-12-19(8-2-1-3-9-19)13-25-18-20-10-16(11-21-18)15-4-6-17(7-5-15)22-14-24;1-4-5-8(14-3)16-6-7(2)9(15-16)10(11,12)13;1-2/h4-7,10-12,14H,1-3,8-9,13H2,(H,22,24);4-6H,1,3H2,2H3;2H,1H3/b;8-5+;. The number of aromatic nitrogens is 4. The number of aliphatic hydroxyl groups is 1. The smallest absolute Gasteiger partial charge is 0.435 e. The molecule has 0 saturated heterocycles. The number of carbonyl (C=O) groups is 2. The third kappa shape index (κ3) is 9.99. The zero-order valence-electron chi connectivity index (χ0n) is 24.0. The van der Waals surface area contributed by atoms with Gasteiger partial charge in [-0.3, -0.25) is 4.79 Å². The molecule has 0 unspecified atom stereocenters. The van der Waals surface area contributed by atoms with Crippen molar-refractivity contribution in [3.63, 3.8) is 0 Å². The minimum atomic E-state index is -4.46. The number of hydrogen-bond donors (Lipinski definition) is 2. The van der Waals surface area contributed by atoms with Gasteiger partial charge in [-0.25, -0.2) is 19.6 Å². The number of alkyl halides is 3. The Kier molecular flexibility index (Phi) is 13.4. The lowest BCUT2D eigenvalue weighted by Crippen LogP contribution is -2.32. The summed E-state index contributed by atoms with van der Waals surface area (Å²) in [4.78, 5) is 33.9. The van der Waals surface area contributed by atoms with Crippen LogP contribution in [-0.2, 0) is 15.8 Å². The zero-order valence-corrected chi connectivity index (χ0v) is 24.0.